The van der Waals surface area contributed by atoms with Crippen LogP contribution < -0.4 is 14.8 Å². The molecule has 6 heteroatoms. The van der Waals surface area contributed by atoms with Crippen molar-refractivity contribution in [2.45, 2.75) is 94.9 Å². The van der Waals surface area contributed by atoms with Crippen LogP contribution in [0.5, 0.6) is 11.5 Å². The van der Waals surface area contributed by atoms with E-state index in [1.54, 1.807) is 7.11 Å². The van der Waals surface area contributed by atoms with E-state index in [1.807, 2.05) is 6.08 Å². The Labute approximate surface area is 233 Å². The molecule has 7 atom stereocenters. The van der Waals surface area contributed by atoms with Gasteiger partial charge in [-0.2, -0.15) is 11.8 Å². The summed E-state index contributed by atoms with van der Waals surface area (Å²) in [6.07, 6.45) is 14.1. The van der Waals surface area contributed by atoms with Gasteiger partial charge in [0.15, 0.2) is 11.5 Å². The van der Waals surface area contributed by atoms with Crippen molar-refractivity contribution in [3.05, 3.63) is 35.4 Å². The van der Waals surface area contributed by atoms with Crippen LogP contribution in [0.25, 0.3) is 0 Å². The highest BCUT2D eigenvalue weighted by Gasteiger charge is 2.59. The maximum atomic E-state index is 10.3. The largest absolute Gasteiger partial charge is 0.493 e. The van der Waals surface area contributed by atoms with E-state index in [-0.39, 0.29) is 11.5 Å². The van der Waals surface area contributed by atoms with Gasteiger partial charge in [0.1, 0.15) is 6.10 Å². The molecule has 208 valence electrons. The normalized spacial score (nSPS) is 42.5. The molecule has 7 aliphatic rings. The van der Waals surface area contributed by atoms with E-state index in [1.165, 1.54) is 61.2 Å². The maximum absolute atomic E-state index is 10.3. The smallest absolute Gasteiger partial charge is 0.166 e. The number of thioether (sulfide) groups is 1. The van der Waals surface area contributed by atoms with Gasteiger partial charge in [-0.25, -0.2) is 0 Å². The molecular weight excluding hydrogens is 492 g/mol. The van der Waals surface area contributed by atoms with Crippen LogP contribution in [0, 0.1) is 16.7 Å². The molecule has 4 saturated carbocycles. The van der Waals surface area contributed by atoms with E-state index < -0.39 is 6.10 Å². The van der Waals surface area contributed by atoms with Gasteiger partial charge in [0.05, 0.1) is 18.6 Å². The number of hydrogen-bond acceptors (Lipinski definition) is 6. The van der Waals surface area contributed by atoms with Crippen LogP contribution in [-0.2, 0) is 12.0 Å². The summed E-state index contributed by atoms with van der Waals surface area (Å²) in [5.41, 5.74) is 4.10. The highest BCUT2D eigenvalue weighted by molar-refractivity contribution is 7.99. The standard InChI is InChI=1S/C32H46N2O3S/c1-29-15-22-16-30(2,19-29)21-31(17-22,20-29)33-9-12-38-13-11-34-10-8-32-7-6-24(35)14-26(32)37-28-25(36-3)5-4-23(18-34)27(28)32/h4-7,22,24,26,33,35H,8-21H2,1-3H3/t22?,24-,26-,29-,30+,31?,32-/m0/s1. The number of methoxy groups -OCH3 is 1. The predicted octanol–water partition coefficient (Wildman–Crippen LogP) is 5.29. The summed E-state index contributed by atoms with van der Waals surface area (Å²) in [6, 6.07) is 4.31. The summed E-state index contributed by atoms with van der Waals surface area (Å²) in [4.78, 5) is 2.63. The number of aliphatic hydroxyl groups is 1. The zero-order valence-corrected chi connectivity index (χ0v) is 24.4. The lowest BCUT2D eigenvalue weighted by Gasteiger charge is -2.65. The monoisotopic (exact) mass is 538 g/mol. The average Bonchev–Trinajstić information content (AvgIpc) is 3.07. The van der Waals surface area contributed by atoms with E-state index in [0.29, 0.717) is 22.8 Å². The lowest BCUT2D eigenvalue weighted by Crippen LogP contribution is -2.64. The Morgan fingerprint density at radius 3 is 2.71 bits per heavy atom. The van der Waals surface area contributed by atoms with Crippen molar-refractivity contribution in [3.63, 3.8) is 0 Å². The fraction of sp³-hybridized carbons (Fsp3) is 0.750. The van der Waals surface area contributed by atoms with E-state index in [9.17, 15) is 5.11 Å². The minimum atomic E-state index is -0.428. The van der Waals surface area contributed by atoms with Crippen molar-refractivity contribution in [2.75, 3.05) is 38.2 Å². The summed E-state index contributed by atoms with van der Waals surface area (Å²) in [7, 11) is 1.72. The first-order valence-electron chi connectivity index (χ1n) is 15.0. The van der Waals surface area contributed by atoms with E-state index in [4.69, 9.17) is 9.47 Å². The molecule has 0 aromatic heterocycles. The minimum Gasteiger partial charge on any atom is -0.493 e. The number of nitrogens with zero attached hydrogens (tertiary/aromatic N) is 1. The van der Waals surface area contributed by atoms with Crippen LogP contribution in [0.2, 0.25) is 0 Å². The average molecular weight is 539 g/mol. The molecule has 0 radical (unpaired) electrons. The zero-order valence-electron chi connectivity index (χ0n) is 23.6. The SMILES string of the molecule is COc1ccc2c3c1O[C@H]1C[C@@H](O)C=C[C@@]31CCN(CCSCCNC13CC4C[C@@](C)(C1)C[C@](C)(C4)C3)C2. The molecule has 4 bridgehead atoms. The van der Waals surface area contributed by atoms with Gasteiger partial charge in [-0.1, -0.05) is 32.1 Å². The Bertz CT molecular complexity index is 1100. The molecular formula is C32H46N2O3S. The highest BCUT2D eigenvalue weighted by Crippen LogP contribution is 2.66. The molecule has 0 saturated heterocycles. The van der Waals surface area contributed by atoms with Gasteiger partial charge in [0, 0.05) is 48.7 Å². The molecule has 0 amide bonds. The maximum Gasteiger partial charge on any atom is 0.166 e. The Hall–Kier alpha value is -1.21. The summed E-state index contributed by atoms with van der Waals surface area (Å²) in [5, 5.41) is 14.4. The van der Waals surface area contributed by atoms with Crippen LogP contribution in [0.4, 0.5) is 0 Å². The molecule has 5 nitrogen and oxygen atoms in total. The van der Waals surface area contributed by atoms with Gasteiger partial charge in [-0.15, -0.1) is 0 Å². The van der Waals surface area contributed by atoms with Crippen LogP contribution in [0.3, 0.4) is 0 Å². The van der Waals surface area contributed by atoms with Gasteiger partial charge < -0.3 is 19.9 Å². The minimum absolute atomic E-state index is 0.0120. The van der Waals surface area contributed by atoms with Crippen LogP contribution in [0.15, 0.2) is 24.3 Å². The summed E-state index contributed by atoms with van der Waals surface area (Å²) in [5.74, 6) is 5.05. The molecule has 1 spiro atoms. The van der Waals surface area contributed by atoms with Crippen LogP contribution in [-0.4, -0.2) is 66.0 Å². The van der Waals surface area contributed by atoms with E-state index in [0.717, 1.165) is 50.0 Å². The van der Waals surface area contributed by atoms with E-state index >= 15 is 0 Å². The van der Waals surface area contributed by atoms with Crippen molar-refractivity contribution < 1.29 is 14.6 Å². The summed E-state index contributed by atoms with van der Waals surface area (Å²) < 4.78 is 12.2. The molecule has 2 aliphatic heterocycles. The predicted molar refractivity (Wildman–Crippen MR) is 154 cm³/mol. The van der Waals surface area contributed by atoms with Gasteiger partial charge in [-0.05, 0) is 79.9 Å². The first-order valence-corrected chi connectivity index (χ1v) is 16.2. The zero-order chi connectivity index (χ0) is 26.2. The Balaban J connectivity index is 0.956. The number of aliphatic hydroxyl groups excluding tert-OH is 1. The first kappa shape index (κ1) is 25.7. The Morgan fingerprint density at radius 1 is 1.13 bits per heavy atom. The second-order valence-electron chi connectivity index (χ2n) is 14.4. The van der Waals surface area contributed by atoms with Gasteiger partial charge in [0.25, 0.3) is 0 Å². The third-order valence-electron chi connectivity index (χ3n) is 11.0. The molecule has 4 fully saturated rings. The number of nitrogens with one attached hydrogen (secondary N) is 1. The van der Waals surface area contributed by atoms with Crippen molar-refractivity contribution in [3.8, 4) is 11.5 Å². The summed E-state index contributed by atoms with van der Waals surface area (Å²) >= 11 is 2.11. The fourth-order valence-corrected chi connectivity index (χ4v) is 11.4. The van der Waals surface area contributed by atoms with Crippen molar-refractivity contribution in [2.24, 2.45) is 16.7 Å². The fourth-order valence-electron chi connectivity index (χ4n) is 10.5. The Morgan fingerprint density at radius 2 is 1.95 bits per heavy atom. The van der Waals surface area contributed by atoms with Gasteiger partial charge in [-0.3, -0.25) is 4.90 Å². The number of benzene rings is 1. The lowest BCUT2D eigenvalue weighted by atomic mass is 9.43. The molecule has 2 heterocycles. The van der Waals surface area contributed by atoms with E-state index in [2.05, 4.69) is 54.0 Å². The van der Waals surface area contributed by atoms with Crippen LogP contribution in [0.1, 0.15) is 76.3 Å². The number of ether oxygens (including phenoxy) is 2. The van der Waals surface area contributed by atoms with Crippen molar-refractivity contribution in [1.82, 2.24) is 10.2 Å². The van der Waals surface area contributed by atoms with Crippen molar-refractivity contribution in [1.29, 1.82) is 0 Å². The van der Waals surface area contributed by atoms with Crippen molar-refractivity contribution >= 4 is 11.8 Å². The van der Waals surface area contributed by atoms with Crippen LogP contribution >= 0.6 is 11.8 Å². The third-order valence-corrected chi connectivity index (χ3v) is 11.9. The molecule has 2 N–H and O–H groups in total. The molecule has 1 aromatic rings. The molecule has 2 unspecified atom stereocenters. The molecule has 5 aliphatic carbocycles. The summed E-state index contributed by atoms with van der Waals surface area (Å²) in [6.45, 7) is 9.41. The highest BCUT2D eigenvalue weighted by atomic mass is 32.2. The molecule has 38 heavy (non-hydrogen) atoms. The Kier molecular flexibility index (Phi) is 6.20. The van der Waals surface area contributed by atoms with Gasteiger partial charge >= 0.3 is 0 Å². The first-order chi connectivity index (χ1) is 18.2. The molecule has 1 aromatic carbocycles. The topological polar surface area (TPSA) is 54.0 Å². The lowest BCUT2D eigenvalue weighted by molar-refractivity contribution is -0.117. The third kappa shape index (κ3) is 4.24. The second kappa shape index (κ2) is 9.15. The number of rotatable bonds is 8. The molecule has 8 rings (SSSR count). The quantitative estimate of drug-likeness (QED) is 0.346. The van der Waals surface area contributed by atoms with Gasteiger partial charge in [0.2, 0.25) is 0 Å². The second-order valence-corrected chi connectivity index (χ2v) is 15.6. The number of hydrogen-bond donors (Lipinski definition) is 2.